The van der Waals surface area contributed by atoms with Crippen molar-refractivity contribution in [2.45, 2.75) is 27.3 Å². The third kappa shape index (κ3) is 4.25. The van der Waals surface area contributed by atoms with Crippen LogP contribution >= 0.6 is 0 Å². The zero-order valence-electron chi connectivity index (χ0n) is 15.2. The number of carbonyl (C=O) groups is 1. The molecule has 1 heterocycles. The molecule has 0 radical (unpaired) electrons. The average Bonchev–Trinajstić information content (AvgIpc) is 2.65. The molecule has 0 fully saturated rings. The minimum Gasteiger partial charge on any atom is -0.365 e. The maximum absolute atomic E-state index is 12.4. The molecule has 0 saturated carbocycles. The Balaban J connectivity index is 1.62. The van der Waals surface area contributed by atoms with E-state index in [2.05, 4.69) is 51.8 Å². The van der Waals surface area contributed by atoms with Crippen LogP contribution in [0.15, 0.2) is 54.9 Å². The second-order valence-corrected chi connectivity index (χ2v) is 6.33. The number of anilines is 2. The van der Waals surface area contributed by atoms with Gasteiger partial charge in [0.15, 0.2) is 0 Å². The minimum atomic E-state index is -0.267. The summed E-state index contributed by atoms with van der Waals surface area (Å²) in [6, 6.07) is 14.1. The van der Waals surface area contributed by atoms with Crippen molar-refractivity contribution in [2.75, 3.05) is 10.6 Å². The zero-order chi connectivity index (χ0) is 18.5. The van der Waals surface area contributed by atoms with E-state index in [9.17, 15) is 4.79 Å². The fourth-order valence-electron chi connectivity index (χ4n) is 2.51. The van der Waals surface area contributed by atoms with E-state index in [0.29, 0.717) is 12.4 Å². The van der Waals surface area contributed by atoms with Crippen LogP contribution in [0.25, 0.3) is 0 Å². The first kappa shape index (κ1) is 17.6. The van der Waals surface area contributed by atoms with Gasteiger partial charge in [0.25, 0.3) is 5.91 Å². The molecular formula is C21H22N4O. The van der Waals surface area contributed by atoms with Crippen molar-refractivity contribution >= 4 is 17.4 Å². The Morgan fingerprint density at radius 3 is 2.42 bits per heavy atom. The first-order chi connectivity index (χ1) is 12.5. The molecule has 26 heavy (non-hydrogen) atoms. The summed E-state index contributed by atoms with van der Waals surface area (Å²) < 4.78 is 0. The van der Waals surface area contributed by atoms with E-state index in [-0.39, 0.29) is 11.6 Å². The average molecular weight is 346 g/mol. The summed E-state index contributed by atoms with van der Waals surface area (Å²) >= 11 is 0. The molecule has 5 heteroatoms. The monoisotopic (exact) mass is 346 g/mol. The fraction of sp³-hybridized carbons (Fsp3) is 0.190. The van der Waals surface area contributed by atoms with Crippen LogP contribution in [0.4, 0.5) is 11.5 Å². The van der Waals surface area contributed by atoms with Crippen molar-refractivity contribution in [1.29, 1.82) is 0 Å². The van der Waals surface area contributed by atoms with Crippen LogP contribution in [0.3, 0.4) is 0 Å². The Morgan fingerprint density at radius 1 is 0.962 bits per heavy atom. The Labute approximate surface area is 153 Å². The summed E-state index contributed by atoms with van der Waals surface area (Å²) in [4.78, 5) is 20.9. The molecule has 1 aromatic heterocycles. The standard InChI is InChI=1S/C21H22N4O/c1-14-7-9-17(10-8-14)11-23-20-13-22-19(12-24-20)21(26)25-18-6-4-5-15(2)16(18)3/h4-10,12-13H,11H2,1-3H3,(H,23,24)(H,25,26). The Kier molecular flexibility index (Phi) is 5.27. The predicted molar refractivity (Wildman–Crippen MR) is 104 cm³/mol. The zero-order valence-corrected chi connectivity index (χ0v) is 15.2. The lowest BCUT2D eigenvalue weighted by atomic mass is 10.1. The number of amides is 1. The molecule has 0 unspecified atom stereocenters. The summed E-state index contributed by atoms with van der Waals surface area (Å²) in [6.07, 6.45) is 3.06. The third-order valence-electron chi connectivity index (χ3n) is 4.33. The van der Waals surface area contributed by atoms with Crippen LogP contribution in [0.2, 0.25) is 0 Å². The molecule has 2 aromatic carbocycles. The smallest absolute Gasteiger partial charge is 0.275 e. The first-order valence-electron chi connectivity index (χ1n) is 8.52. The number of aromatic nitrogens is 2. The molecule has 2 N–H and O–H groups in total. The highest BCUT2D eigenvalue weighted by Crippen LogP contribution is 2.18. The quantitative estimate of drug-likeness (QED) is 0.724. The number of carbonyl (C=O) groups excluding carboxylic acids is 1. The topological polar surface area (TPSA) is 66.9 Å². The van der Waals surface area contributed by atoms with Crippen LogP contribution in [0, 0.1) is 20.8 Å². The molecule has 0 aliphatic heterocycles. The van der Waals surface area contributed by atoms with Crippen molar-refractivity contribution in [1.82, 2.24) is 9.97 Å². The minimum absolute atomic E-state index is 0.267. The second kappa shape index (κ2) is 7.78. The Hall–Kier alpha value is -3.21. The lowest BCUT2D eigenvalue weighted by molar-refractivity contribution is 0.102. The van der Waals surface area contributed by atoms with Crippen LogP contribution in [-0.4, -0.2) is 15.9 Å². The van der Waals surface area contributed by atoms with Crippen molar-refractivity contribution < 1.29 is 4.79 Å². The van der Waals surface area contributed by atoms with E-state index in [1.807, 2.05) is 32.0 Å². The van der Waals surface area contributed by atoms with Crippen molar-refractivity contribution in [3.05, 3.63) is 82.8 Å². The predicted octanol–water partition coefficient (Wildman–Crippen LogP) is 4.27. The highest BCUT2D eigenvalue weighted by atomic mass is 16.1. The molecular weight excluding hydrogens is 324 g/mol. The van der Waals surface area contributed by atoms with Crippen LogP contribution < -0.4 is 10.6 Å². The van der Waals surface area contributed by atoms with E-state index in [0.717, 1.165) is 22.4 Å². The second-order valence-electron chi connectivity index (χ2n) is 6.33. The van der Waals surface area contributed by atoms with Crippen molar-refractivity contribution in [3.63, 3.8) is 0 Å². The largest absolute Gasteiger partial charge is 0.365 e. The van der Waals surface area contributed by atoms with Gasteiger partial charge in [-0.15, -0.1) is 0 Å². The molecule has 0 atom stereocenters. The van der Waals surface area contributed by atoms with Crippen LogP contribution in [0.5, 0.6) is 0 Å². The molecule has 0 spiro atoms. The fourth-order valence-corrected chi connectivity index (χ4v) is 2.51. The maximum atomic E-state index is 12.4. The maximum Gasteiger partial charge on any atom is 0.275 e. The van der Waals surface area contributed by atoms with Gasteiger partial charge in [-0.3, -0.25) is 4.79 Å². The van der Waals surface area contributed by atoms with Crippen molar-refractivity contribution in [3.8, 4) is 0 Å². The lowest BCUT2D eigenvalue weighted by Crippen LogP contribution is -2.15. The highest BCUT2D eigenvalue weighted by Gasteiger charge is 2.10. The number of benzene rings is 2. The van der Waals surface area contributed by atoms with E-state index < -0.39 is 0 Å². The molecule has 5 nitrogen and oxygen atoms in total. The summed E-state index contributed by atoms with van der Waals surface area (Å²) in [5.74, 6) is 0.366. The number of rotatable bonds is 5. The van der Waals surface area contributed by atoms with Crippen molar-refractivity contribution in [2.24, 2.45) is 0 Å². The third-order valence-corrected chi connectivity index (χ3v) is 4.33. The van der Waals surface area contributed by atoms with E-state index in [1.54, 1.807) is 6.20 Å². The normalized spacial score (nSPS) is 10.4. The van der Waals surface area contributed by atoms with Gasteiger partial charge in [0.2, 0.25) is 0 Å². The number of nitrogens with one attached hydrogen (secondary N) is 2. The van der Waals surface area contributed by atoms with Crippen LogP contribution in [-0.2, 0) is 6.54 Å². The van der Waals surface area contributed by atoms with Gasteiger partial charge in [0, 0.05) is 12.2 Å². The number of nitrogens with zero attached hydrogens (tertiary/aromatic N) is 2. The van der Waals surface area contributed by atoms with Crippen LogP contribution in [0.1, 0.15) is 32.7 Å². The summed E-state index contributed by atoms with van der Waals surface area (Å²) in [5.41, 5.74) is 5.64. The van der Waals surface area contributed by atoms with Gasteiger partial charge < -0.3 is 10.6 Å². The first-order valence-corrected chi connectivity index (χ1v) is 8.52. The van der Waals surface area contributed by atoms with Gasteiger partial charge >= 0.3 is 0 Å². The van der Waals surface area contributed by atoms with E-state index in [4.69, 9.17) is 0 Å². The number of hydrogen-bond donors (Lipinski definition) is 2. The molecule has 0 saturated heterocycles. The SMILES string of the molecule is Cc1ccc(CNc2cnc(C(=O)Nc3cccc(C)c3C)cn2)cc1. The highest BCUT2D eigenvalue weighted by molar-refractivity contribution is 6.03. The molecule has 3 rings (SSSR count). The van der Waals surface area contributed by atoms with Gasteiger partial charge in [0.05, 0.1) is 12.4 Å². The molecule has 0 bridgehead atoms. The summed E-state index contributed by atoms with van der Waals surface area (Å²) in [6.45, 7) is 6.71. The summed E-state index contributed by atoms with van der Waals surface area (Å²) in [7, 11) is 0. The Bertz CT molecular complexity index is 902. The molecule has 0 aliphatic carbocycles. The van der Waals surface area contributed by atoms with Gasteiger partial charge in [-0.2, -0.15) is 0 Å². The summed E-state index contributed by atoms with van der Waals surface area (Å²) in [5, 5.41) is 6.10. The number of hydrogen-bond acceptors (Lipinski definition) is 4. The van der Waals surface area contributed by atoms with Gasteiger partial charge in [-0.05, 0) is 43.5 Å². The van der Waals surface area contributed by atoms with E-state index >= 15 is 0 Å². The number of aryl methyl sites for hydroxylation is 2. The van der Waals surface area contributed by atoms with Gasteiger partial charge in [-0.1, -0.05) is 42.0 Å². The molecule has 0 aliphatic rings. The van der Waals surface area contributed by atoms with Gasteiger partial charge in [-0.25, -0.2) is 9.97 Å². The van der Waals surface area contributed by atoms with Gasteiger partial charge in [0.1, 0.15) is 11.5 Å². The van der Waals surface area contributed by atoms with E-state index in [1.165, 1.54) is 11.8 Å². The molecule has 132 valence electrons. The molecule has 3 aromatic rings. The Morgan fingerprint density at radius 2 is 1.73 bits per heavy atom. The lowest BCUT2D eigenvalue weighted by Gasteiger charge is -2.10. The molecule has 1 amide bonds.